The second-order valence-corrected chi connectivity index (χ2v) is 4.13. The second kappa shape index (κ2) is 5.12. The van der Waals surface area contributed by atoms with Gasteiger partial charge in [0.2, 0.25) is 0 Å². The van der Waals surface area contributed by atoms with Crippen LogP contribution in [0.25, 0.3) is 10.9 Å². The number of aromatic nitrogens is 2. The number of non-ortho nitro benzene ring substituents is 1. The lowest BCUT2D eigenvalue weighted by atomic mass is 10.1. The number of hydrogen-bond acceptors (Lipinski definition) is 5. The Labute approximate surface area is 118 Å². The first-order valence-electron chi connectivity index (χ1n) is 5.97. The van der Waals surface area contributed by atoms with Crippen LogP contribution in [0.2, 0.25) is 0 Å². The lowest BCUT2D eigenvalue weighted by molar-refractivity contribution is -0.383. The summed E-state index contributed by atoms with van der Waals surface area (Å²) in [6.45, 7) is 0. The molecule has 2 aromatic heterocycles. The molecule has 0 fully saturated rings. The number of nitro groups is 1. The molecule has 0 unspecified atom stereocenters. The largest absolute Gasteiger partial charge is 0.450 e. The first kappa shape index (κ1) is 12.9. The molecule has 104 valence electrons. The fourth-order valence-corrected chi connectivity index (χ4v) is 1.94. The second-order valence-electron chi connectivity index (χ2n) is 4.13. The Morgan fingerprint density at radius 1 is 1.05 bits per heavy atom. The molecule has 0 spiro atoms. The van der Waals surface area contributed by atoms with Crippen molar-refractivity contribution in [2.75, 3.05) is 0 Å². The number of pyridine rings is 2. The van der Waals surface area contributed by atoms with E-state index in [0.29, 0.717) is 5.39 Å². The van der Waals surface area contributed by atoms with E-state index in [2.05, 4.69) is 9.97 Å². The number of hydrogen-bond donors (Lipinski definition) is 0. The van der Waals surface area contributed by atoms with Crippen LogP contribution in [0.15, 0.2) is 48.8 Å². The van der Waals surface area contributed by atoms with Gasteiger partial charge in [-0.2, -0.15) is 4.39 Å². The van der Waals surface area contributed by atoms with Gasteiger partial charge in [0.15, 0.2) is 11.5 Å². The summed E-state index contributed by atoms with van der Waals surface area (Å²) in [5.41, 5.74) is 0.201. The van der Waals surface area contributed by atoms with Crippen molar-refractivity contribution >= 4 is 16.6 Å². The maximum atomic E-state index is 13.5. The maximum Gasteiger partial charge on any atom is 0.279 e. The Morgan fingerprint density at radius 3 is 2.57 bits per heavy atom. The molecule has 6 nitrogen and oxygen atoms in total. The summed E-state index contributed by atoms with van der Waals surface area (Å²) in [5.74, 6) is -0.610. The van der Waals surface area contributed by atoms with Gasteiger partial charge in [-0.15, -0.1) is 0 Å². The average Bonchev–Trinajstić information content (AvgIpc) is 2.49. The number of benzene rings is 1. The molecular formula is C14H8FN3O3. The van der Waals surface area contributed by atoms with E-state index in [9.17, 15) is 14.5 Å². The molecule has 1 aromatic carbocycles. The first-order valence-corrected chi connectivity index (χ1v) is 5.97. The highest BCUT2D eigenvalue weighted by Crippen LogP contribution is 2.34. The van der Waals surface area contributed by atoms with Gasteiger partial charge in [-0.05, 0) is 30.3 Å². The molecule has 0 radical (unpaired) electrons. The fourth-order valence-electron chi connectivity index (χ4n) is 1.94. The van der Waals surface area contributed by atoms with Crippen LogP contribution in [0, 0.1) is 16.1 Å². The molecule has 0 amide bonds. The summed E-state index contributed by atoms with van der Waals surface area (Å²) < 4.78 is 19.0. The zero-order chi connectivity index (χ0) is 14.8. The summed E-state index contributed by atoms with van der Waals surface area (Å²) in [7, 11) is 0. The first-order chi connectivity index (χ1) is 10.2. The number of nitro benzene ring substituents is 1. The molecule has 0 aliphatic heterocycles. The summed E-state index contributed by atoms with van der Waals surface area (Å²) >= 11 is 0. The van der Waals surface area contributed by atoms with Gasteiger partial charge in [-0.3, -0.25) is 15.1 Å². The molecular weight excluding hydrogens is 277 g/mol. The highest BCUT2D eigenvalue weighted by atomic mass is 19.1. The van der Waals surface area contributed by atoms with E-state index in [1.807, 2.05) is 0 Å². The third kappa shape index (κ3) is 2.36. The minimum Gasteiger partial charge on any atom is -0.450 e. The van der Waals surface area contributed by atoms with Crippen LogP contribution >= 0.6 is 0 Å². The molecule has 0 saturated carbocycles. The van der Waals surface area contributed by atoms with E-state index in [1.165, 1.54) is 36.7 Å². The van der Waals surface area contributed by atoms with Gasteiger partial charge in [0, 0.05) is 18.5 Å². The Hall–Kier alpha value is -3.09. The van der Waals surface area contributed by atoms with Crippen LogP contribution in [0.1, 0.15) is 0 Å². The molecule has 0 saturated heterocycles. The van der Waals surface area contributed by atoms with Crippen molar-refractivity contribution in [3.8, 4) is 11.5 Å². The number of fused-ring (bicyclic) bond motifs is 1. The van der Waals surface area contributed by atoms with Crippen LogP contribution in [-0.4, -0.2) is 14.9 Å². The standard InChI is InChI=1S/C14H8FN3O3/c15-14-12(4-2-8-17-14)21-11-6-5-10(18(19)20)9-3-1-7-16-13(9)11/h1-8H. The monoisotopic (exact) mass is 285 g/mol. The van der Waals surface area contributed by atoms with Gasteiger partial charge in [0.1, 0.15) is 5.52 Å². The predicted octanol–water partition coefficient (Wildman–Crippen LogP) is 3.47. The molecule has 0 aliphatic carbocycles. The Morgan fingerprint density at radius 2 is 1.81 bits per heavy atom. The molecule has 21 heavy (non-hydrogen) atoms. The molecule has 0 atom stereocenters. The lowest BCUT2D eigenvalue weighted by Gasteiger charge is -2.08. The van der Waals surface area contributed by atoms with Crippen molar-refractivity contribution in [1.82, 2.24) is 9.97 Å². The molecule has 2 heterocycles. The number of halogens is 1. The third-order valence-electron chi connectivity index (χ3n) is 2.85. The number of ether oxygens (including phenoxy) is 1. The minimum atomic E-state index is -0.764. The zero-order valence-electron chi connectivity index (χ0n) is 10.6. The molecule has 0 aliphatic rings. The van der Waals surface area contributed by atoms with Crippen LogP contribution < -0.4 is 4.74 Å². The van der Waals surface area contributed by atoms with Gasteiger partial charge in [0.25, 0.3) is 11.6 Å². The fraction of sp³-hybridized carbons (Fsp3) is 0. The van der Waals surface area contributed by atoms with Gasteiger partial charge >= 0.3 is 0 Å². The van der Waals surface area contributed by atoms with Gasteiger partial charge in [-0.25, -0.2) is 4.98 Å². The van der Waals surface area contributed by atoms with Crippen LogP contribution in [0.4, 0.5) is 10.1 Å². The molecule has 7 heteroatoms. The van der Waals surface area contributed by atoms with Crippen molar-refractivity contribution in [3.63, 3.8) is 0 Å². The average molecular weight is 285 g/mol. The Balaban J connectivity index is 2.14. The van der Waals surface area contributed by atoms with Crippen molar-refractivity contribution < 1.29 is 14.1 Å². The van der Waals surface area contributed by atoms with E-state index in [-0.39, 0.29) is 22.7 Å². The molecule has 3 rings (SSSR count). The van der Waals surface area contributed by atoms with Gasteiger partial charge in [-0.1, -0.05) is 0 Å². The normalized spacial score (nSPS) is 10.5. The van der Waals surface area contributed by atoms with Crippen LogP contribution in [0.5, 0.6) is 11.5 Å². The van der Waals surface area contributed by atoms with E-state index < -0.39 is 10.9 Å². The van der Waals surface area contributed by atoms with E-state index in [0.717, 1.165) is 0 Å². The summed E-state index contributed by atoms with van der Waals surface area (Å²) in [6, 6.07) is 8.78. The van der Waals surface area contributed by atoms with Crippen LogP contribution in [-0.2, 0) is 0 Å². The van der Waals surface area contributed by atoms with Crippen LogP contribution in [0.3, 0.4) is 0 Å². The van der Waals surface area contributed by atoms with Gasteiger partial charge < -0.3 is 4.74 Å². The number of rotatable bonds is 3. The van der Waals surface area contributed by atoms with Crippen molar-refractivity contribution in [3.05, 3.63) is 64.9 Å². The van der Waals surface area contributed by atoms with E-state index >= 15 is 0 Å². The Bertz CT molecular complexity index is 839. The minimum absolute atomic E-state index is 0.0710. The molecule has 0 bridgehead atoms. The lowest BCUT2D eigenvalue weighted by Crippen LogP contribution is -1.95. The quantitative estimate of drug-likeness (QED) is 0.418. The van der Waals surface area contributed by atoms with Crippen molar-refractivity contribution in [1.29, 1.82) is 0 Å². The Kier molecular flexibility index (Phi) is 3.15. The predicted molar refractivity (Wildman–Crippen MR) is 72.7 cm³/mol. The molecule has 0 N–H and O–H groups in total. The van der Waals surface area contributed by atoms with Crippen molar-refractivity contribution in [2.24, 2.45) is 0 Å². The summed E-state index contributed by atoms with van der Waals surface area (Å²) in [5, 5.41) is 11.3. The van der Waals surface area contributed by atoms with Gasteiger partial charge in [0.05, 0.1) is 10.3 Å². The third-order valence-corrected chi connectivity index (χ3v) is 2.85. The summed E-state index contributed by atoms with van der Waals surface area (Å²) in [4.78, 5) is 18.1. The number of nitrogens with zero attached hydrogens (tertiary/aromatic N) is 3. The van der Waals surface area contributed by atoms with E-state index in [4.69, 9.17) is 4.74 Å². The maximum absolute atomic E-state index is 13.5. The van der Waals surface area contributed by atoms with E-state index in [1.54, 1.807) is 12.1 Å². The molecule has 3 aromatic rings. The summed E-state index contributed by atoms with van der Waals surface area (Å²) in [6.07, 6.45) is 2.78. The topological polar surface area (TPSA) is 78.2 Å². The zero-order valence-corrected chi connectivity index (χ0v) is 10.6. The smallest absolute Gasteiger partial charge is 0.279 e. The SMILES string of the molecule is O=[N+]([O-])c1ccc(Oc2cccnc2F)c2ncccc12. The highest BCUT2D eigenvalue weighted by molar-refractivity contribution is 5.92. The highest BCUT2D eigenvalue weighted by Gasteiger charge is 2.17. The van der Waals surface area contributed by atoms with Crippen molar-refractivity contribution in [2.45, 2.75) is 0 Å².